The third-order valence-corrected chi connectivity index (χ3v) is 5.12. The first kappa shape index (κ1) is 25.3. The summed E-state index contributed by atoms with van der Waals surface area (Å²) < 4.78 is 11.2. The molecule has 0 radical (unpaired) electrons. The highest BCUT2D eigenvalue weighted by Crippen LogP contribution is 2.19. The predicted molar refractivity (Wildman–Crippen MR) is 139 cm³/mol. The van der Waals surface area contributed by atoms with Gasteiger partial charge < -0.3 is 25.0 Å². The summed E-state index contributed by atoms with van der Waals surface area (Å²) in [5.41, 5.74) is 2.30. The van der Waals surface area contributed by atoms with Crippen LogP contribution in [0.25, 0.3) is 0 Å². The fourth-order valence-electron chi connectivity index (χ4n) is 3.49. The van der Waals surface area contributed by atoms with Crippen molar-refractivity contribution in [3.63, 3.8) is 0 Å². The van der Waals surface area contributed by atoms with E-state index in [2.05, 4.69) is 46.7 Å². The lowest BCUT2D eigenvalue weighted by atomic mass is 10.1. The zero-order chi connectivity index (χ0) is 21.0. The van der Waals surface area contributed by atoms with Gasteiger partial charge in [-0.3, -0.25) is 0 Å². The molecular weight excluding hydrogens is 503 g/mol. The van der Waals surface area contributed by atoms with E-state index < -0.39 is 0 Å². The van der Waals surface area contributed by atoms with Crippen LogP contribution in [0.3, 0.4) is 0 Å². The summed E-state index contributed by atoms with van der Waals surface area (Å²) in [6, 6.07) is 18.5. The molecule has 31 heavy (non-hydrogen) atoms. The Kier molecular flexibility index (Phi) is 11.5. The van der Waals surface area contributed by atoms with E-state index in [9.17, 15) is 0 Å². The SMILES string of the molecule is CCNC(=NCc1ccc(NCCOC)cc1)N1CCC(Oc2ccccc2)CC1.I. The number of para-hydroxylation sites is 1. The summed E-state index contributed by atoms with van der Waals surface area (Å²) in [5, 5.41) is 6.78. The topological polar surface area (TPSA) is 58.1 Å². The summed E-state index contributed by atoms with van der Waals surface area (Å²) in [6.45, 7) is 7.05. The molecule has 1 aliphatic heterocycles. The van der Waals surface area contributed by atoms with Crippen LogP contribution in [0.5, 0.6) is 5.75 Å². The molecular formula is C24H35IN4O2. The van der Waals surface area contributed by atoms with Crippen molar-refractivity contribution in [3.05, 3.63) is 60.2 Å². The zero-order valence-corrected chi connectivity index (χ0v) is 20.9. The molecule has 1 saturated heterocycles. The van der Waals surface area contributed by atoms with Gasteiger partial charge in [-0.15, -0.1) is 24.0 Å². The molecule has 0 aromatic heterocycles. The van der Waals surface area contributed by atoms with Crippen LogP contribution < -0.4 is 15.4 Å². The van der Waals surface area contributed by atoms with Crippen molar-refractivity contribution < 1.29 is 9.47 Å². The van der Waals surface area contributed by atoms with Gasteiger partial charge in [0.05, 0.1) is 13.2 Å². The highest BCUT2D eigenvalue weighted by atomic mass is 127. The van der Waals surface area contributed by atoms with Crippen LogP contribution in [0, 0.1) is 0 Å². The Morgan fingerprint density at radius 1 is 1.06 bits per heavy atom. The van der Waals surface area contributed by atoms with Gasteiger partial charge in [-0.2, -0.15) is 0 Å². The van der Waals surface area contributed by atoms with Crippen molar-refractivity contribution in [2.75, 3.05) is 45.2 Å². The van der Waals surface area contributed by atoms with E-state index >= 15 is 0 Å². The Bertz CT molecular complexity index is 763. The monoisotopic (exact) mass is 538 g/mol. The molecule has 1 fully saturated rings. The minimum atomic E-state index is 0. The van der Waals surface area contributed by atoms with Gasteiger partial charge >= 0.3 is 0 Å². The summed E-state index contributed by atoms with van der Waals surface area (Å²) >= 11 is 0. The molecule has 1 heterocycles. The molecule has 3 rings (SSSR count). The van der Waals surface area contributed by atoms with Crippen LogP contribution >= 0.6 is 24.0 Å². The number of likely N-dealkylation sites (tertiary alicyclic amines) is 1. The second kappa shape index (κ2) is 14.1. The van der Waals surface area contributed by atoms with E-state index in [4.69, 9.17) is 14.5 Å². The lowest BCUT2D eigenvalue weighted by Gasteiger charge is -2.34. The fourth-order valence-corrected chi connectivity index (χ4v) is 3.49. The van der Waals surface area contributed by atoms with Crippen molar-refractivity contribution in [1.82, 2.24) is 10.2 Å². The van der Waals surface area contributed by atoms with Gasteiger partial charge in [0.1, 0.15) is 11.9 Å². The van der Waals surface area contributed by atoms with Crippen LogP contribution in [0.15, 0.2) is 59.6 Å². The number of anilines is 1. The average molecular weight is 538 g/mol. The third kappa shape index (κ3) is 8.57. The van der Waals surface area contributed by atoms with E-state index in [0.29, 0.717) is 13.2 Å². The van der Waals surface area contributed by atoms with Gasteiger partial charge in [-0.05, 0) is 36.8 Å². The van der Waals surface area contributed by atoms with Crippen molar-refractivity contribution in [3.8, 4) is 5.75 Å². The predicted octanol–water partition coefficient (Wildman–Crippen LogP) is 4.37. The zero-order valence-electron chi connectivity index (χ0n) is 18.5. The molecule has 0 saturated carbocycles. The maximum atomic E-state index is 6.12. The molecule has 0 atom stereocenters. The lowest BCUT2D eigenvalue weighted by molar-refractivity contribution is 0.129. The fraction of sp³-hybridized carbons (Fsp3) is 0.458. The average Bonchev–Trinajstić information content (AvgIpc) is 2.79. The van der Waals surface area contributed by atoms with Crippen molar-refractivity contribution >= 4 is 35.6 Å². The Balaban J connectivity index is 0.00000341. The number of ether oxygens (including phenoxy) is 2. The maximum absolute atomic E-state index is 6.12. The Morgan fingerprint density at radius 2 is 1.77 bits per heavy atom. The summed E-state index contributed by atoms with van der Waals surface area (Å²) in [5.74, 6) is 1.94. The maximum Gasteiger partial charge on any atom is 0.194 e. The first-order valence-corrected chi connectivity index (χ1v) is 10.8. The molecule has 6 nitrogen and oxygen atoms in total. The summed E-state index contributed by atoms with van der Waals surface area (Å²) in [6.07, 6.45) is 2.27. The second-order valence-corrected chi connectivity index (χ2v) is 7.40. The minimum Gasteiger partial charge on any atom is -0.490 e. The molecule has 0 amide bonds. The quantitative estimate of drug-likeness (QED) is 0.215. The number of guanidine groups is 1. The van der Waals surface area contributed by atoms with Crippen molar-refractivity contribution in [2.45, 2.75) is 32.4 Å². The molecule has 2 N–H and O–H groups in total. The second-order valence-electron chi connectivity index (χ2n) is 7.40. The highest BCUT2D eigenvalue weighted by molar-refractivity contribution is 14.0. The van der Waals surface area contributed by atoms with E-state index in [1.807, 2.05) is 30.3 Å². The Hall–Kier alpha value is -2.00. The third-order valence-electron chi connectivity index (χ3n) is 5.12. The van der Waals surface area contributed by atoms with Gasteiger partial charge in [0.15, 0.2) is 5.96 Å². The van der Waals surface area contributed by atoms with Crippen molar-refractivity contribution in [2.24, 2.45) is 4.99 Å². The van der Waals surface area contributed by atoms with Gasteiger partial charge in [-0.1, -0.05) is 30.3 Å². The van der Waals surface area contributed by atoms with Crippen LogP contribution in [-0.2, 0) is 11.3 Å². The van der Waals surface area contributed by atoms with Crippen LogP contribution in [-0.4, -0.2) is 56.9 Å². The number of methoxy groups -OCH3 is 1. The number of halogens is 1. The van der Waals surface area contributed by atoms with Crippen LogP contribution in [0.1, 0.15) is 25.3 Å². The number of rotatable bonds is 9. The largest absolute Gasteiger partial charge is 0.490 e. The summed E-state index contributed by atoms with van der Waals surface area (Å²) in [4.78, 5) is 7.21. The number of benzene rings is 2. The first-order chi connectivity index (χ1) is 14.8. The molecule has 170 valence electrons. The van der Waals surface area contributed by atoms with Crippen LogP contribution in [0.2, 0.25) is 0 Å². The number of piperidine rings is 1. The van der Waals surface area contributed by atoms with Gasteiger partial charge in [0, 0.05) is 51.8 Å². The Morgan fingerprint density at radius 3 is 2.42 bits per heavy atom. The molecule has 0 unspecified atom stereocenters. The standard InChI is InChI=1S/C24H34N4O2.HI/c1-3-25-24(27-19-20-9-11-21(12-10-20)26-15-18-29-2)28-16-13-23(14-17-28)30-22-7-5-4-6-8-22;/h4-12,23,26H,3,13-19H2,1-2H3,(H,25,27);1H. The molecule has 7 heteroatoms. The molecule has 2 aromatic carbocycles. The lowest BCUT2D eigenvalue weighted by Crippen LogP contribution is -2.47. The van der Waals surface area contributed by atoms with Gasteiger partial charge in [-0.25, -0.2) is 4.99 Å². The van der Waals surface area contributed by atoms with E-state index in [-0.39, 0.29) is 30.1 Å². The molecule has 0 spiro atoms. The summed E-state index contributed by atoms with van der Waals surface area (Å²) in [7, 11) is 1.71. The Labute approximate surface area is 203 Å². The van der Waals surface area contributed by atoms with Gasteiger partial charge in [0.2, 0.25) is 0 Å². The number of aliphatic imine (C=N–C) groups is 1. The first-order valence-electron chi connectivity index (χ1n) is 10.8. The van der Waals surface area contributed by atoms with E-state index in [1.54, 1.807) is 7.11 Å². The van der Waals surface area contributed by atoms with Crippen molar-refractivity contribution in [1.29, 1.82) is 0 Å². The molecule has 0 bridgehead atoms. The normalized spacial score (nSPS) is 14.6. The smallest absolute Gasteiger partial charge is 0.194 e. The number of hydrogen-bond acceptors (Lipinski definition) is 4. The number of nitrogens with zero attached hydrogens (tertiary/aromatic N) is 2. The number of nitrogens with one attached hydrogen (secondary N) is 2. The molecule has 2 aromatic rings. The van der Waals surface area contributed by atoms with E-state index in [0.717, 1.165) is 56.4 Å². The van der Waals surface area contributed by atoms with Crippen LogP contribution in [0.4, 0.5) is 5.69 Å². The highest BCUT2D eigenvalue weighted by Gasteiger charge is 2.22. The molecule has 0 aliphatic carbocycles. The number of hydrogen-bond donors (Lipinski definition) is 2. The van der Waals surface area contributed by atoms with E-state index in [1.165, 1.54) is 5.56 Å². The molecule has 1 aliphatic rings. The van der Waals surface area contributed by atoms with Gasteiger partial charge in [0.25, 0.3) is 0 Å². The minimum absolute atomic E-state index is 0.